The Morgan fingerprint density at radius 2 is 1.12 bits per heavy atom. The average molecular weight is 347 g/mol. The first-order chi connectivity index (χ1) is 12.3. The lowest BCUT2D eigenvalue weighted by Gasteiger charge is -2.09. The highest BCUT2D eigenvalue weighted by Gasteiger charge is 2.09. The van der Waals surface area contributed by atoms with E-state index >= 15 is 0 Å². The van der Waals surface area contributed by atoms with Gasteiger partial charge < -0.3 is 0 Å². The van der Waals surface area contributed by atoms with Crippen LogP contribution in [0.25, 0.3) is 0 Å². The van der Waals surface area contributed by atoms with Crippen LogP contribution in [0.4, 0.5) is 0 Å². The lowest BCUT2D eigenvalue weighted by molar-refractivity contribution is -0.697. The fourth-order valence-electron chi connectivity index (χ4n) is 3.61. The molecule has 0 fully saturated rings. The molecule has 0 N–H and O–H groups in total. The summed E-state index contributed by atoms with van der Waals surface area (Å²) in [5, 5.41) is 0. The minimum Gasteiger partial charge on any atom is -0.205 e. The highest BCUT2D eigenvalue weighted by atomic mass is 14.9. The Kier molecular flexibility index (Phi) is 13.7. The molecule has 1 aromatic heterocycles. The van der Waals surface area contributed by atoms with E-state index in [1.165, 1.54) is 103 Å². The second-order valence-corrected chi connectivity index (χ2v) is 7.77. The molecule has 0 aliphatic carbocycles. The van der Waals surface area contributed by atoms with Crippen LogP contribution in [0.3, 0.4) is 0 Å². The zero-order chi connectivity index (χ0) is 18.2. The van der Waals surface area contributed by atoms with Crippen LogP contribution in [0, 0.1) is 0 Å². The van der Waals surface area contributed by atoms with Crippen molar-refractivity contribution in [1.82, 2.24) is 0 Å². The van der Waals surface area contributed by atoms with Gasteiger partial charge in [-0.1, -0.05) is 78.6 Å². The van der Waals surface area contributed by atoms with Crippen molar-refractivity contribution in [2.24, 2.45) is 0 Å². The summed E-state index contributed by atoms with van der Waals surface area (Å²) < 4.78 is 2.46. The average Bonchev–Trinajstić information content (AvgIpc) is 2.63. The molecule has 1 rings (SSSR count). The van der Waals surface area contributed by atoms with Gasteiger partial charge in [0.25, 0.3) is 0 Å². The Morgan fingerprint density at radius 3 is 1.72 bits per heavy atom. The molecule has 0 amide bonds. The Bertz CT molecular complexity index is 424. The molecular formula is C24H44N+. The summed E-state index contributed by atoms with van der Waals surface area (Å²) in [4.78, 5) is 0. The van der Waals surface area contributed by atoms with Gasteiger partial charge in [-0.15, -0.1) is 0 Å². The Balaban J connectivity index is 2.55. The van der Waals surface area contributed by atoms with Crippen molar-refractivity contribution in [2.75, 3.05) is 0 Å². The molecule has 25 heavy (non-hydrogen) atoms. The Labute approximate surface area is 158 Å². The summed E-state index contributed by atoms with van der Waals surface area (Å²) in [6.45, 7) is 8.08. The molecule has 1 heteroatoms. The van der Waals surface area contributed by atoms with E-state index in [1.54, 1.807) is 11.1 Å². The third-order valence-electron chi connectivity index (χ3n) is 5.32. The maximum atomic E-state index is 2.47. The normalized spacial score (nSPS) is 11.2. The summed E-state index contributed by atoms with van der Waals surface area (Å²) in [7, 11) is 0. The molecule has 0 bridgehead atoms. The molecule has 0 saturated heterocycles. The van der Waals surface area contributed by atoms with Gasteiger partial charge in [-0.05, 0) is 37.7 Å². The molecule has 144 valence electrons. The van der Waals surface area contributed by atoms with Gasteiger partial charge in [-0.3, -0.25) is 0 Å². The highest BCUT2D eigenvalue weighted by molar-refractivity contribution is 5.21. The van der Waals surface area contributed by atoms with Crippen LogP contribution in [-0.4, -0.2) is 0 Å². The number of unbranched alkanes of at least 4 members (excludes halogenated alkanes) is 10. The van der Waals surface area contributed by atoms with Gasteiger partial charge >= 0.3 is 0 Å². The van der Waals surface area contributed by atoms with Crippen molar-refractivity contribution in [3.05, 3.63) is 29.6 Å². The number of pyridine rings is 1. The molecule has 1 nitrogen and oxygen atoms in total. The van der Waals surface area contributed by atoms with Crippen molar-refractivity contribution >= 4 is 0 Å². The van der Waals surface area contributed by atoms with Gasteiger partial charge in [-0.2, -0.15) is 0 Å². The predicted octanol–water partition coefficient (Wildman–Crippen LogP) is 7.19. The fraction of sp³-hybridized carbons (Fsp3) is 0.792. The van der Waals surface area contributed by atoms with Crippen LogP contribution in [-0.2, 0) is 19.4 Å². The number of aromatic nitrogens is 1. The summed E-state index contributed by atoms with van der Waals surface area (Å²) >= 11 is 0. The van der Waals surface area contributed by atoms with Gasteiger partial charge in [0.1, 0.15) is 6.54 Å². The van der Waals surface area contributed by atoms with Crippen LogP contribution < -0.4 is 4.57 Å². The lowest BCUT2D eigenvalue weighted by atomic mass is 9.98. The van der Waals surface area contributed by atoms with E-state index in [2.05, 4.69) is 43.8 Å². The molecular weight excluding hydrogens is 302 g/mol. The van der Waals surface area contributed by atoms with Crippen LogP contribution in [0.15, 0.2) is 18.5 Å². The molecule has 0 radical (unpaired) electrons. The Morgan fingerprint density at radius 1 is 0.600 bits per heavy atom. The molecule has 0 atom stereocenters. The second kappa shape index (κ2) is 15.4. The molecule has 0 aliphatic rings. The number of rotatable bonds is 16. The summed E-state index contributed by atoms with van der Waals surface area (Å²) in [6.07, 6.45) is 25.1. The van der Waals surface area contributed by atoms with E-state index in [4.69, 9.17) is 0 Å². The first-order valence-corrected chi connectivity index (χ1v) is 11.3. The van der Waals surface area contributed by atoms with Crippen LogP contribution in [0.2, 0.25) is 0 Å². The van der Waals surface area contributed by atoms with E-state index in [1.807, 2.05) is 0 Å². The van der Waals surface area contributed by atoms with Gasteiger partial charge in [0.05, 0.1) is 0 Å². The zero-order valence-corrected chi connectivity index (χ0v) is 17.5. The maximum Gasteiger partial charge on any atom is 0.172 e. The van der Waals surface area contributed by atoms with Crippen molar-refractivity contribution in [1.29, 1.82) is 0 Å². The van der Waals surface area contributed by atoms with E-state index in [-0.39, 0.29) is 0 Å². The van der Waals surface area contributed by atoms with E-state index in [9.17, 15) is 0 Å². The van der Waals surface area contributed by atoms with Crippen molar-refractivity contribution in [3.8, 4) is 0 Å². The zero-order valence-electron chi connectivity index (χ0n) is 17.5. The summed E-state index contributed by atoms with van der Waals surface area (Å²) in [6, 6.07) is 2.42. The quantitative estimate of drug-likeness (QED) is 0.220. The second-order valence-electron chi connectivity index (χ2n) is 7.77. The third-order valence-corrected chi connectivity index (χ3v) is 5.32. The van der Waals surface area contributed by atoms with E-state index in [0.29, 0.717) is 0 Å². The topological polar surface area (TPSA) is 3.88 Å². The monoisotopic (exact) mass is 346 g/mol. The molecule has 0 spiro atoms. The minimum absolute atomic E-state index is 1.20. The van der Waals surface area contributed by atoms with Gasteiger partial charge in [0.2, 0.25) is 0 Å². The lowest BCUT2D eigenvalue weighted by Crippen LogP contribution is -2.33. The number of aryl methyl sites for hydroxylation is 3. The maximum absolute atomic E-state index is 2.47. The van der Waals surface area contributed by atoms with Crippen molar-refractivity contribution in [3.63, 3.8) is 0 Å². The number of hydrogen-bond acceptors (Lipinski definition) is 0. The third kappa shape index (κ3) is 10.7. The molecule has 0 aliphatic heterocycles. The van der Waals surface area contributed by atoms with Crippen molar-refractivity contribution in [2.45, 2.75) is 124 Å². The van der Waals surface area contributed by atoms with Crippen LogP contribution >= 0.6 is 0 Å². The first kappa shape index (κ1) is 22.2. The predicted molar refractivity (Wildman–Crippen MR) is 111 cm³/mol. The smallest absolute Gasteiger partial charge is 0.172 e. The van der Waals surface area contributed by atoms with E-state index in [0.717, 1.165) is 0 Å². The number of hydrogen-bond donors (Lipinski definition) is 0. The molecule has 1 aromatic rings. The molecule has 0 saturated carbocycles. The molecule has 1 heterocycles. The fourth-order valence-corrected chi connectivity index (χ4v) is 3.61. The summed E-state index contributed by atoms with van der Waals surface area (Å²) in [5.74, 6) is 0. The number of nitrogens with zero attached hydrogens (tertiary/aromatic N) is 1. The van der Waals surface area contributed by atoms with Gasteiger partial charge in [0.15, 0.2) is 12.4 Å². The van der Waals surface area contributed by atoms with Crippen molar-refractivity contribution < 1.29 is 4.57 Å². The standard InChI is InChI=1S/C24H44N/c1-4-7-10-13-16-20-25-21-19-23(17-14-11-8-5-2)24(22-25)18-15-12-9-6-3/h19,21-22H,4-18,20H2,1-3H3/q+1. The first-order valence-electron chi connectivity index (χ1n) is 11.3. The van der Waals surface area contributed by atoms with Gasteiger partial charge in [0, 0.05) is 18.1 Å². The minimum atomic E-state index is 1.20. The Hall–Kier alpha value is -0.850. The molecule has 0 aromatic carbocycles. The highest BCUT2D eigenvalue weighted by Crippen LogP contribution is 2.15. The van der Waals surface area contributed by atoms with E-state index < -0.39 is 0 Å². The molecule has 0 unspecified atom stereocenters. The van der Waals surface area contributed by atoms with Gasteiger partial charge in [-0.25, -0.2) is 4.57 Å². The summed E-state index contributed by atoms with van der Waals surface area (Å²) in [5.41, 5.74) is 3.25. The largest absolute Gasteiger partial charge is 0.205 e. The van der Waals surface area contributed by atoms with Crippen LogP contribution in [0.5, 0.6) is 0 Å². The van der Waals surface area contributed by atoms with Crippen LogP contribution in [0.1, 0.15) is 115 Å². The SMILES string of the molecule is CCCCCCC[n+]1ccc(CCCCCC)c(CCCCCC)c1.